The molecule has 2 rings (SSSR count). The molecular formula is C14H17ClN2O. The quantitative estimate of drug-likeness (QED) is 0.832. The molecule has 1 fully saturated rings. The van der Waals surface area contributed by atoms with Gasteiger partial charge in [0.2, 0.25) is 0 Å². The number of nitrogens with one attached hydrogen (secondary N) is 1. The molecule has 0 radical (unpaired) electrons. The van der Waals surface area contributed by atoms with E-state index in [9.17, 15) is 4.79 Å². The number of amides is 1. The third-order valence-corrected chi connectivity index (χ3v) is 3.61. The zero-order valence-corrected chi connectivity index (χ0v) is 11.2. The van der Waals surface area contributed by atoms with Gasteiger partial charge in [-0.1, -0.05) is 18.5 Å². The van der Waals surface area contributed by atoms with E-state index >= 15 is 0 Å². The SMILES string of the molecule is CC[C@@H]1CCCC1=NNC(=O)c1ccc(Cl)cc1. The second-order valence-electron chi connectivity index (χ2n) is 4.55. The highest BCUT2D eigenvalue weighted by molar-refractivity contribution is 6.30. The summed E-state index contributed by atoms with van der Waals surface area (Å²) >= 11 is 5.78. The molecule has 1 aliphatic carbocycles. The Labute approximate surface area is 112 Å². The van der Waals surface area contributed by atoms with E-state index in [1.807, 2.05) is 0 Å². The first kappa shape index (κ1) is 13.1. The Bertz CT molecular complexity index is 453. The molecular weight excluding hydrogens is 248 g/mol. The minimum absolute atomic E-state index is 0.180. The summed E-state index contributed by atoms with van der Waals surface area (Å²) < 4.78 is 0. The van der Waals surface area contributed by atoms with E-state index in [4.69, 9.17) is 11.6 Å². The Balaban J connectivity index is 1.99. The van der Waals surface area contributed by atoms with Gasteiger partial charge in [0.05, 0.1) is 0 Å². The Morgan fingerprint density at radius 3 is 2.83 bits per heavy atom. The number of rotatable bonds is 3. The van der Waals surface area contributed by atoms with Gasteiger partial charge in [0.1, 0.15) is 0 Å². The maximum atomic E-state index is 11.8. The van der Waals surface area contributed by atoms with Crippen molar-refractivity contribution < 1.29 is 4.79 Å². The number of nitrogens with zero attached hydrogens (tertiary/aromatic N) is 1. The molecule has 1 amide bonds. The second-order valence-corrected chi connectivity index (χ2v) is 4.98. The van der Waals surface area contributed by atoms with Crippen LogP contribution in [0.25, 0.3) is 0 Å². The number of hydrogen-bond acceptors (Lipinski definition) is 2. The molecule has 0 saturated heterocycles. The number of halogens is 1. The number of hydrogen-bond donors (Lipinski definition) is 1. The van der Waals surface area contributed by atoms with Crippen molar-refractivity contribution in [1.82, 2.24) is 5.43 Å². The number of carbonyl (C=O) groups is 1. The van der Waals surface area contributed by atoms with E-state index in [0.29, 0.717) is 16.5 Å². The molecule has 96 valence electrons. The molecule has 1 aliphatic rings. The van der Waals surface area contributed by atoms with Crippen LogP contribution >= 0.6 is 11.6 Å². The highest BCUT2D eigenvalue weighted by atomic mass is 35.5. The molecule has 0 aliphatic heterocycles. The second kappa shape index (κ2) is 6.01. The van der Waals surface area contributed by atoms with Crippen LogP contribution in [0.3, 0.4) is 0 Å². The molecule has 1 saturated carbocycles. The van der Waals surface area contributed by atoms with Crippen molar-refractivity contribution in [2.75, 3.05) is 0 Å². The van der Waals surface area contributed by atoms with Crippen LogP contribution in [0.15, 0.2) is 29.4 Å². The standard InChI is InChI=1S/C14H17ClN2O/c1-2-10-4-3-5-13(10)16-17-14(18)11-6-8-12(15)9-7-11/h6-10H,2-5H2,1H3,(H,17,18)/t10-/m1/s1. The molecule has 3 nitrogen and oxygen atoms in total. The lowest BCUT2D eigenvalue weighted by Crippen LogP contribution is -2.20. The lowest BCUT2D eigenvalue weighted by molar-refractivity contribution is 0.0954. The van der Waals surface area contributed by atoms with Gasteiger partial charge in [-0.15, -0.1) is 0 Å². The average molecular weight is 265 g/mol. The third kappa shape index (κ3) is 3.10. The lowest BCUT2D eigenvalue weighted by atomic mass is 10.0. The summed E-state index contributed by atoms with van der Waals surface area (Å²) in [6.07, 6.45) is 4.45. The van der Waals surface area contributed by atoms with Crippen molar-refractivity contribution in [2.24, 2.45) is 11.0 Å². The number of hydrazone groups is 1. The van der Waals surface area contributed by atoms with E-state index in [1.54, 1.807) is 24.3 Å². The van der Waals surface area contributed by atoms with Crippen molar-refractivity contribution in [2.45, 2.75) is 32.6 Å². The average Bonchev–Trinajstić information content (AvgIpc) is 2.84. The minimum Gasteiger partial charge on any atom is -0.267 e. The van der Waals surface area contributed by atoms with Gasteiger partial charge in [0, 0.05) is 16.3 Å². The molecule has 1 atom stereocenters. The molecule has 0 aromatic heterocycles. The van der Waals surface area contributed by atoms with Crippen molar-refractivity contribution in [1.29, 1.82) is 0 Å². The minimum atomic E-state index is -0.180. The topological polar surface area (TPSA) is 41.5 Å². The number of carbonyl (C=O) groups excluding carboxylic acids is 1. The summed E-state index contributed by atoms with van der Waals surface area (Å²) in [6.45, 7) is 2.16. The maximum Gasteiger partial charge on any atom is 0.271 e. The lowest BCUT2D eigenvalue weighted by Gasteiger charge is -2.07. The third-order valence-electron chi connectivity index (χ3n) is 3.36. The van der Waals surface area contributed by atoms with E-state index in [1.165, 1.54) is 12.8 Å². The fraction of sp³-hybridized carbons (Fsp3) is 0.429. The zero-order chi connectivity index (χ0) is 13.0. The van der Waals surface area contributed by atoms with Gasteiger partial charge >= 0.3 is 0 Å². The van der Waals surface area contributed by atoms with E-state index < -0.39 is 0 Å². The van der Waals surface area contributed by atoms with Crippen LogP contribution in [0.1, 0.15) is 43.0 Å². The summed E-state index contributed by atoms with van der Waals surface area (Å²) in [4.78, 5) is 11.8. The van der Waals surface area contributed by atoms with E-state index in [2.05, 4.69) is 17.5 Å². The van der Waals surface area contributed by atoms with Crippen molar-refractivity contribution in [3.63, 3.8) is 0 Å². The summed E-state index contributed by atoms with van der Waals surface area (Å²) in [6, 6.07) is 6.80. The largest absolute Gasteiger partial charge is 0.271 e. The molecule has 4 heteroatoms. The molecule has 0 spiro atoms. The van der Waals surface area contributed by atoms with Crippen LogP contribution in [0, 0.1) is 5.92 Å². The first-order valence-electron chi connectivity index (χ1n) is 6.33. The van der Waals surface area contributed by atoms with Gasteiger partial charge in [0.15, 0.2) is 0 Å². The maximum absolute atomic E-state index is 11.8. The summed E-state index contributed by atoms with van der Waals surface area (Å²) in [5.74, 6) is 0.358. The Morgan fingerprint density at radius 1 is 1.44 bits per heavy atom. The van der Waals surface area contributed by atoms with Gasteiger partial charge in [0.25, 0.3) is 5.91 Å². The van der Waals surface area contributed by atoms with Crippen LogP contribution in [-0.4, -0.2) is 11.6 Å². The normalized spacial score (nSPS) is 21.2. The molecule has 1 aromatic carbocycles. The fourth-order valence-corrected chi connectivity index (χ4v) is 2.40. The zero-order valence-electron chi connectivity index (χ0n) is 10.4. The van der Waals surface area contributed by atoms with Gasteiger partial charge in [-0.3, -0.25) is 4.79 Å². The highest BCUT2D eigenvalue weighted by Crippen LogP contribution is 2.24. The van der Waals surface area contributed by atoms with Crippen LogP contribution < -0.4 is 5.43 Å². The first-order valence-corrected chi connectivity index (χ1v) is 6.71. The Morgan fingerprint density at radius 2 is 2.17 bits per heavy atom. The fourth-order valence-electron chi connectivity index (χ4n) is 2.28. The Kier molecular flexibility index (Phi) is 4.37. The molecule has 1 N–H and O–H groups in total. The van der Waals surface area contributed by atoms with Gasteiger partial charge in [-0.25, -0.2) is 5.43 Å². The summed E-state index contributed by atoms with van der Waals surface area (Å²) in [7, 11) is 0. The van der Waals surface area contributed by atoms with Crippen molar-refractivity contribution in [3.05, 3.63) is 34.9 Å². The monoisotopic (exact) mass is 264 g/mol. The molecule has 18 heavy (non-hydrogen) atoms. The van der Waals surface area contributed by atoms with Gasteiger partial charge in [-0.05, 0) is 55.9 Å². The first-order chi connectivity index (χ1) is 8.70. The Hall–Kier alpha value is -1.35. The smallest absolute Gasteiger partial charge is 0.267 e. The predicted octanol–water partition coefficient (Wildman–Crippen LogP) is 3.64. The molecule has 0 bridgehead atoms. The van der Waals surface area contributed by atoms with Crippen molar-refractivity contribution >= 4 is 23.2 Å². The van der Waals surface area contributed by atoms with Crippen LogP contribution in [0.4, 0.5) is 0 Å². The van der Waals surface area contributed by atoms with Crippen LogP contribution in [-0.2, 0) is 0 Å². The van der Waals surface area contributed by atoms with Gasteiger partial charge in [-0.2, -0.15) is 5.10 Å². The molecule has 0 unspecified atom stereocenters. The predicted molar refractivity (Wildman–Crippen MR) is 74.0 cm³/mol. The van der Waals surface area contributed by atoms with Crippen LogP contribution in [0.5, 0.6) is 0 Å². The molecule has 0 heterocycles. The van der Waals surface area contributed by atoms with Crippen LogP contribution in [0.2, 0.25) is 5.02 Å². The summed E-state index contributed by atoms with van der Waals surface area (Å²) in [5.41, 5.74) is 4.33. The number of benzene rings is 1. The van der Waals surface area contributed by atoms with Gasteiger partial charge < -0.3 is 0 Å². The van der Waals surface area contributed by atoms with Crippen molar-refractivity contribution in [3.8, 4) is 0 Å². The molecule has 1 aromatic rings. The summed E-state index contributed by atoms with van der Waals surface area (Å²) in [5, 5.41) is 4.88. The highest BCUT2D eigenvalue weighted by Gasteiger charge is 2.20. The van der Waals surface area contributed by atoms with E-state index in [0.717, 1.165) is 18.6 Å². The van der Waals surface area contributed by atoms with E-state index in [-0.39, 0.29) is 5.91 Å².